The zero-order valence-electron chi connectivity index (χ0n) is 14.3. The van der Waals surface area contributed by atoms with Crippen LogP contribution in [0.25, 0.3) is 0 Å². The average molecular weight is 360 g/mol. The van der Waals surface area contributed by atoms with Gasteiger partial charge in [-0.15, -0.1) is 0 Å². The SMILES string of the molecule is COc1cc(C(=O)NC(C)c2ccccc2Cl)ccc1C1CNNC1. The van der Waals surface area contributed by atoms with Gasteiger partial charge in [0.2, 0.25) is 0 Å². The summed E-state index contributed by atoms with van der Waals surface area (Å²) in [5.74, 6) is 0.905. The second-order valence-electron chi connectivity index (χ2n) is 6.13. The summed E-state index contributed by atoms with van der Waals surface area (Å²) in [5.41, 5.74) is 8.78. The minimum atomic E-state index is -0.185. The van der Waals surface area contributed by atoms with Gasteiger partial charge in [0.15, 0.2) is 0 Å². The predicted octanol–water partition coefficient (Wildman–Crippen LogP) is 3.03. The Morgan fingerprint density at radius 1 is 1.24 bits per heavy atom. The van der Waals surface area contributed by atoms with E-state index >= 15 is 0 Å². The molecule has 5 nitrogen and oxygen atoms in total. The van der Waals surface area contributed by atoms with Gasteiger partial charge in [-0.05, 0) is 36.2 Å². The van der Waals surface area contributed by atoms with Crippen molar-refractivity contribution < 1.29 is 9.53 Å². The van der Waals surface area contributed by atoms with Crippen LogP contribution in [0.15, 0.2) is 42.5 Å². The Morgan fingerprint density at radius 3 is 2.64 bits per heavy atom. The number of hydrogen-bond donors (Lipinski definition) is 3. The van der Waals surface area contributed by atoms with E-state index in [4.69, 9.17) is 16.3 Å². The minimum absolute atomic E-state index is 0.153. The van der Waals surface area contributed by atoms with E-state index in [0.29, 0.717) is 16.5 Å². The van der Waals surface area contributed by atoms with Gasteiger partial charge in [0.1, 0.15) is 5.75 Å². The van der Waals surface area contributed by atoms with E-state index < -0.39 is 0 Å². The molecule has 25 heavy (non-hydrogen) atoms. The normalized spacial score (nSPS) is 15.8. The highest BCUT2D eigenvalue weighted by Gasteiger charge is 2.22. The van der Waals surface area contributed by atoms with Crippen molar-refractivity contribution in [2.75, 3.05) is 20.2 Å². The Bertz CT molecular complexity index is 760. The molecule has 2 aromatic carbocycles. The van der Waals surface area contributed by atoms with Crippen molar-refractivity contribution in [3.8, 4) is 5.75 Å². The molecule has 2 aromatic rings. The topological polar surface area (TPSA) is 62.4 Å². The van der Waals surface area contributed by atoms with Crippen LogP contribution in [0.3, 0.4) is 0 Å². The van der Waals surface area contributed by atoms with Gasteiger partial charge in [-0.25, -0.2) is 0 Å². The molecular formula is C19H22ClN3O2. The van der Waals surface area contributed by atoms with Gasteiger partial charge in [0.05, 0.1) is 13.2 Å². The van der Waals surface area contributed by atoms with Crippen LogP contribution < -0.4 is 20.9 Å². The van der Waals surface area contributed by atoms with Gasteiger partial charge in [0.25, 0.3) is 5.91 Å². The summed E-state index contributed by atoms with van der Waals surface area (Å²) < 4.78 is 5.50. The second-order valence-corrected chi connectivity index (χ2v) is 6.54. The molecular weight excluding hydrogens is 338 g/mol. The largest absolute Gasteiger partial charge is 0.496 e. The first-order chi connectivity index (χ1) is 12.1. The van der Waals surface area contributed by atoms with Crippen molar-refractivity contribution in [3.63, 3.8) is 0 Å². The molecule has 0 radical (unpaired) electrons. The van der Waals surface area contributed by atoms with E-state index in [2.05, 4.69) is 16.2 Å². The highest BCUT2D eigenvalue weighted by atomic mass is 35.5. The highest BCUT2D eigenvalue weighted by molar-refractivity contribution is 6.31. The maximum Gasteiger partial charge on any atom is 0.251 e. The molecule has 0 saturated carbocycles. The first kappa shape index (κ1) is 17.7. The number of rotatable bonds is 5. The number of carbonyl (C=O) groups excluding carboxylic acids is 1. The van der Waals surface area contributed by atoms with Crippen LogP contribution in [0.1, 0.15) is 40.4 Å². The Labute approximate surface area is 152 Å². The third-order valence-corrected chi connectivity index (χ3v) is 4.82. The first-order valence-electron chi connectivity index (χ1n) is 8.29. The van der Waals surface area contributed by atoms with E-state index in [1.54, 1.807) is 13.2 Å². The van der Waals surface area contributed by atoms with Crippen molar-refractivity contribution in [2.24, 2.45) is 0 Å². The molecule has 1 aliphatic rings. The lowest BCUT2D eigenvalue weighted by Crippen LogP contribution is -2.27. The van der Waals surface area contributed by atoms with Crippen LogP contribution in [0.2, 0.25) is 5.02 Å². The van der Waals surface area contributed by atoms with Crippen LogP contribution in [0.4, 0.5) is 0 Å². The predicted molar refractivity (Wildman–Crippen MR) is 99.1 cm³/mol. The van der Waals surface area contributed by atoms with E-state index in [9.17, 15) is 4.79 Å². The van der Waals surface area contributed by atoms with E-state index in [-0.39, 0.29) is 11.9 Å². The number of hydrogen-bond acceptors (Lipinski definition) is 4. The standard InChI is InChI=1S/C19H22ClN3O2/c1-12(15-5-3-4-6-17(15)20)23-19(24)13-7-8-16(18(9-13)25-2)14-10-21-22-11-14/h3-9,12,14,21-22H,10-11H2,1-2H3,(H,23,24). The number of nitrogens with one attached hydrogen (secondary N) is 3. The molecule has 1 fully saturated rings. The van der Waals surface area contributed by atoms with Crippen LogP contribution >= 0.6 is 11.6 Å². The Balaban J connectivity index is 1.77. The molecule has 1 saturated heterocycles. The Morgan fingerprint density at radius 2 is 1.96 bits per heavy atom. The fraction of sp³-hybridized carbons (Fsp3) is 0.316. The van der Waals surface area contributed by atoms with Crippen LogP contribution in [0, 0.1) is 0 Å². The maximum absolute atomic E-state index is 12.6. The summed E-state index contributed by atoms with van der Waals surface area (Å²) >= 11 is 6.21. The van der Waals surface area contributed by atoms with Crippen molar-refractivity contribution >= 4 is 17.5 Å². The van der Waals surface area contributed by atoms with Crippen molar-refractivity contribution in [1.82, 2.24) is 16.2 Å². The van der Waals surface area contributed by atoms with Crippen molar-refractivity contribution in [1.29, 1.82) is 0 Å². The molecule has 0 aromatic heterocycles. The molecule has 3 N–H and O–H groups in total. The van der Waals surface area contributed by atoms with Crippen LogP contribution in [0.5, 0.6) is 5.75 Å². The maximum atomic E-state index is 12.6. The Kier molecular flexibility index (Phi) is 5.58. The molecule has 3 rings (SSSR count). The van der Waals surface area contributed by atoms with E-state index in [1.165, 1.54) is 0 Å². The third kappa shape index (κ3) is 3.95. The molecule has 0 aliphatic carbocycles. The monoisotopic (exact) mass is 359 g/mol. The lowest BCUT2D eigenvalue weighted by molar-refractivity contribution is 0.0939. The summed E-state index contributed by atoms with van der Waals surface area (Å²) in [5, 5.41) is 3.63. The molecule has 6 heteroatoms. The lowest BCUT2D eigenvalue weighted by atomic mass is 9.97. The number of ether oxygens (including phenoxy) is 1. The second kappa shape index (κ2) is 7.87. The van der Waals surface area contributed by atoms with Gasteiger partial charge in [-0.1, -0.05) is 35.9 Å². The highest BCUT2D eigenvalue weighted by Crippen LogP contribution is 2.29. The van der Waals surface area contributed by atoms with Crippen molar-refractivity contribution in [3.05, 3.63) is 64.2 Å². The van der Waals surface area contributed by atoms with Gasteiger partial charge in [-0.3, -0.25) is 15.6 Å². The molecule has 1 amide bonds. The van der Waals surface area contributed by atoms with Gasteiger partial charge < -0.3 is 10.1 Å². The lowest BCUT2D eigenvalue weighted by Gasteiger charge is -2.17. The summed E-state index contributed by atoms with van der Waals surface area (Å²) in [6.07, 6.45) is 0. The quantitative estimate of drug-likeness (QED) is 0.768. The number of benzene rings is 2. The number of amides is 1. The molecule has 1 atom stereocenters. The molecule has 0 spiro atoms. The van der Waals surface area contributed by atoms with Crippen LogP contribution in [-0.4, -0.2) is 26.1 Å². The average Bonchev–Trinajstić information content (AvgIpc) is 3.15. The summed E-state index contributed by atoms with van der Waals surface area (Å²) in [6, 6.07) is 12.9. The smallest absolute Gasteiger partial charge is 0.251 e. The molecule has 0 bridgehead atoms. The fourth-order valence-corrected chi connectivity index (χ4v) is 3.36. The first-order valence-corrected chi connectivity index (χ1v) is 8.67. The number of carbonyl (C=O) groups is 1. The van der Waals surface area contributed by atoms with Gasteiger partial charge in [-0.2, -0.15) is 0 Å². The summed E-state index contributed by atoms with van der Waals surface area (Å²) in [4.78, 5) is 12.6. The fourth-order valence-electron chi connectivity index (χ4n) is 3.06. The summed E-state index contributed by atoms with van der Waals surface area (Å²) in [6.45, 7) is 3.59. The number of methoxy groups -OCH3 is 1. The van der Waals surface area contributed by atoms with E-state index in [0.717, 1.165) is 30.0 Å². The number of hydrazine groups is 1. The zero-order valence-corrected chi connectivity index (χ0v) is 15.1. The summed E-state index contributed by atoms with van der Waals surface area (Å²) in [7, 11) is 1.63. The molecule has 1 heterocycles. The molecule has 1 aliphatic heterocycles. The molecule has 1 unspecified atom stereocenters. The van der Waals surface area contributed by atoms with Crippen LogP contribution in [-0.2, 0) is 0 Å². The van der Waals surface area contributed by atoms with Crippen molar-refractivity contribution in [2.45, 2.75) is 18.9 Å². The Hall–Kier alpha value is -2.08. The van der Waals surface area contributed by atoms with Gasteiger partial charge >= 0.3 is 0 Å². The number of halogens is 1. The zero-order chi connectivity index (χ0) is 17.8. The minimum Gasteiger partial charge on any atom is -0.496 e. The molecule has 132 valence electrons. The third-order valence-electron chi connectivity index (χ3n) is 4.48. The van der Waals surface area contributed by atoms with E-state index in [1.807, 2.05) is 43.3 Å². The van der Waals surface area contributed by atoms with Gasteiger partial charge in [0, 0.05) is 29.6 Å².